The number of nitrogens with one attached hydrogen (secondary N) is 4. The number of likely N-dealkylation sites (N-methyl/N-ethyl adjacent to an activating group) is 6. The Bertz CT molecular complexity index is 2810. The molecule has 564 valence electrons. The smallest absolute Gasteiger partial charge is 0.410 e. The summed E-state index contributed by atoms with van der Waals surface area (Å²) in [7, 11) is 8.51. The highest BCUT2D eigenvalue weighted by molar-refractivity contribution is 6.00. The van der Waals surface area contributed by atoms with Crippen LogP contribution < -0.4 is 21.3 Å². The number of ether oxygens (including phenoxy) is 1. The summed E-state index contributed by atoms with van der Waals surface area (Å²) in [6.45, 7) is 35.5. The molecule has 3 saturated heterocycles. The van der Waals surface area contributed by atoms with Crippen molar-refractivity contribution in [1.29, 1.82) is 0 Å². The molecule has 5 N–H and O–H groups in total. The fraction of sp³-hybridized carbons (Fsp3) is 0.806. The van der Waals surface area contributed by atoms with Gasteiger partial charge in [-0.3, -0.25) is 57.6 Å². The molecule has 3 aliphatic rings. The van der Waals surface area contributed by atoms with Gasteiger partial charge in [0.05, 0.1) is 12.6 Å². The highest BCUT2D eigenvalue weighted by Crippen LogP contribution is 2.29. The van der Waals surface area contributed by atoms with E-state index in [1.165, 1.54) is 85.5 Å². The average molecular weight is 1400 g/mol. The number of carbonyl (C=O) groups excluding carboxylic acids is 12. The summed E-state index contributed by atoms with van der Waals surface area (Å²) >= 11 is 0. The number of carbonyl (C=O) groups is 12. The van der Waals surface area contributed by atoms with E-state index in [1.54, 1.807) is 65.5 Å². The van der Waals surface area contributed by atoms with Crippen molar-refractivity contribution in [2.45, 2.75) is 261 Å². The van der Waals surface area contributed by atoms with Gasteiger partial charge in [0.2, 0.25) is 65.0 Å². The van der Waals surface area contributed by atoms with Crippen LogP contribution in [0.2, 0.25) is 0 Å². The van der Waals surface area contributed by atoms with Crippen LogP contribution in [0.1, 0.15) is 176 Å². The number of rotatable bonds is 17. The van der Waals surface area contributed by atoms with Crippen LogP contribution in [0, 0.1) is 41.4 Å². The zero-order valence-electron chi connectivity index (χ0n) is 64.5. The maximum atomic E-state index is 15.5. The molecule has 0 radical (unpaired) electrons. The van der Waals surface area contributed by atoms with Crippen LogP contribution in [-0.4, -0.2) is 280 Å². The second-order valence-electron chi connectivity index (χ2n) is 30.7. The Balaban J connectivity index is 2.41. The van der Waals surface area contributed by atoms with Gasteiger partial charge < -0.3 is 70.3 Å². The minimum Gasteiger partial charge on any atom is -0.444 e. The number of nitrogens with zero attached hydrogens (tertiary/aromatic N) is 9. The first-order valence-electron chi connectivity index (χ1n) is 36.1. The van der Waals surface area contributed by atoms with E-state index in [1.807, 2.05) is 55.4 Å². The Morgan fingerprint density at radius 2 is 0.949 bits per heavy atom. The molecule has 0 spiro atoms. The lowest BCUT2D eigenvalue weighted by molar-refractivity contribution is -0.157. The maximum Gasteiger partial charge on any atom is 0.410 e. The van der Waals surface area contributed by atoms with E-state index >= 15 is 33.6 Å². The minimum absolute atomic E-state index is 0.0709. The molecule has 27 nitrogen and oxygen atoms in total. The van der Waals surface area contributed by atoms with Crippen molar-refractivity contribution in [1.82, 2.24) is 65.4 Å². The summed E-state index contributed by atoms with van der Waals surface area (Å²) in [5.41, 5.74) is 0. The molecule has 14 atom stereocenters. The zero-order valence-corrected chi connectivity index (χ0v) is 64.5. The molecule has 1 unspecified atom stereocenters. The Hall–Kier alpha value is -6.90. The van der Waals surface area contributed by atoms with Gasteiger partial charge in [-0.25, -0.2) is 4.79 Å². The quantitative estimate of drug-likeness (QED) is 0.129. The molecule has 27 heteroatoms. The summed E-state index contributed by atoms with van der Waals surface area (Å²) in [5, 5.41) is 23.5. The topological polar surface area (TPSA) is 312 Å². The Labute approximate surface area is 591 Å². The van der Waals surface area contributed by atoms with Gasteiger partial charge in [-0.2, -0.15) is 0 Å². The third-order valence-electron chi connectivity index (χ3n) is 19.7. The lowest BCUT2D eigenvalue weighted by Crippen LogP contribution is -2.64. The highest BCUT2D eigenvalue weighted by Gasteiger charge is 2.49. The first-order chi connectivity index (χ1) is 46.0. The fourth-order valence-electron chi connectivity index (χ4n) is 13.4. The number of hydrogen-bond donors (Lipinski definition) is 5. The number of amides is 12. The number of piperazine rings is 1. The third kappa shape index (κ3) is 23.1. The molecule has 0 aromatic heterocycles. The van der Waals surface area contributed by atoms with E-state index in [0.29, 0.717) is 26.2 Å². The molecule has 99 heavy (non-hydrogen) atoms. The molecule has 0 aromatic rings. The van der Waals surface area contributed by atoms with Crippen LogP contribution in [0.4, 0.5) is 4.79 Å². The highest BCUT2D eigenvalue weighted by atomic mass is 16.6. The molecule has 3 fully saturated rings. The van der Waals surface area contributed by atoms with Crippen LogP contribution >= 0.6 is 0 Å². The van der Waals surface area contributed by atoms with Crippen molar-refractivity contribution in [2.24, 2.45) is 41.4 Å². The molecule has 0 aliphatic carbocycles. The van der Waals surface area contributed by atoms with E-state index in [2.05, 4.69) is 40.0 Å². The number of aliphatic hydroxyl groups excluding tert-OH is 1. The molecule has 3 aliphatic heterocycles. The van der Waals surface area contributed by atoms with Crippen molar-refractivity contribution in [3.05, 3.63) is 12.2 Å². The molecular formula is C72H127N13O14. The van der Waals surface area contributed by atoms with Crippen LogP contribution in [0.3, 0.4) is 0 Å². The van der Waals surface area contributed by atoms with Gasteiger partial charge in [0.1, 0.15) is 72.6 Å². The minimum atomic E-state index is -1.69. The van der Waals surface area contributed by atoms with E-state index in [4.69, 9.17) is 4.74 Å². The number of aliphatic hydroxyl groups is 1. The molecule has 3 rings (SSSR count). The van der Waals surface area contributed by atoms with Gasteiger partial charge in [-0.15, -0.1) is 0 Å². The summed E-state index contributed by atoms with van der Waals surface area (Å²) < 4.78 is 6.15. The largest absolute Gasteiger partial charge is 0.444 e. The standard InChI is InChI=1S/C72H127N13O14/c1-26-28-29-47(17)60(86)59-64(90)75-51(27-2)66(92)85-39-50(99-72(98)84-32-30-83(31-33-84)46(15)16)38-56(85)69(95)77(20)53(35-41(5)6)63(89)76-57(44(11)12)70(96)78(21)52(34-40(3)4)62(88)73-48(18)61(87)74-49(19)65(91)79(22)54(36-42(7)8)67(93)80(23)55(37-43(9)10)68(94)81(24)58(45(13)14)71(97)82(59)25/h26,28,40-60,86H,27,29-39H2,1-25H3,(H,73,88)(H,74,87)(H,75,90)(H,76,89)/b28-26+/t47-,48+,49-,50?,51+,52+,53+,54+,55+,56-,57+,58+,59+,60-/m1/s1. The van der Waals surface area contributed by atoms with Crippen molar-refractivity contribution < 1.29 is 67.4 Å². The SMILES string of the molecule is C/C=C/C[C@@H](C)[C@@H](O)[C@H]1C(=O)N[C@@H](CC)C(=O)N2CC(OC(=O)N3CCN(C(C)C)CC3)C[C@@H]2C(=O)N(C)[C@@H](CC(C)C)C(=O)N[C@@H](C(C)C)C(=O)N(C)[C@@H](CC(C)C)C(=O)N[C@@H](C)C(=O)N[C@H](C)C(=O)N(C)[C@@H](CC(C)C)C(=O)N(C)[C@@H](CC(C)C)C(=O)N(C)[C@@H](C(C)C)C(=O)N1C. The van der Waals surface area contributed by atoms with Crippen LogP contribution in [-0.2, 0) is 57.5 Å². The van der Waals surface area contributed by atoms with E-state index in [0.717, 1.165) is 4.90 Å². The second-order valence-corrected chi connectivity index (χ2v) is 30.7. The summed E-state index contributed by atoms with van der Waals surface area (Å²) in [6, 6.07) is -14.1. The monoisotopic (exact) mass is 1400 g/mol. The first-order valence-corrected chi connectivity index (χ1v) is 36.1. The summed E-state index contributed by atoms with van der Waals surface area (Å²) in [6.07, 6.45) is 0.768. The molecule has 0 bridgehead atoms. The molecule has 12 amide bonds. The van der Waals surface area contributed by atoms with Crippen molar-refractivity contribution in [3.63, 3.8) is 0 Å². The molecule has 0 aromatic carbocycles. The van der Waals surface area contributed by atoms with Crippen LogP contribution in [0.15, 0.2) is 12.2 Å². The lowest BCUT2D eigenvalue weighted by atomic mass is 9.91. The Morgan fingerprint density at radius 1 is 0.505 bits per heavy atom. The maximum absolute atomic E-state index is 15.5. The first kappa shape index (κ1) is 86.3. The van der Waals surface area contributed by atoms with E-state index in [-0.39, 0.29) is 81.2 Å². The Morgan fingerprint density at radius 3 is 1.41 bits per heavy atom. The van der Waals surface area contributed by atoms with E-state index < -0.39 is 167 Å². The third-order valence-corrected chi connectivity index (χ3v) is 19.7. The molecular weight excluding hydrogens is 1270 g/mol. The number of hydrogen-bond acceptors (Lipinski definition) is 15. The molecule has 3 heterocycles. The fourth-order valence-corrected chi connectivity index (χ4v) is 13.4. The van der Waals surface area contributed by atoms with Gasteiger partial charge in [0.15, 0.2) is 0 Å². The van der Waals surface area contributed by atoms with E-state index in [9.17, 15) is 29.1 Å². The Kier molecular flexibility index (Phi) is 33.8. The summed E-state index contributed by atoms with van der Waals surface area (Å²) in [4.78, 5) is 192. The predicted octanol–water partition coefficient (Wildman–Crippen LogP) is 3.94. The normalized spacial score (nSPS) is 28.0. The van der Waals surface area contributed by atoms with Gasteiger partial charge in [-0.05, 0) is 115 Å². The van der Waals surface area contributed by atoms with Crippen molar-refractivity contribution >= 4 is 71.1 Å². The zero-order chi connectivity index (χ0) is 75.7. The van der Waals surface area contributed by atoms with Crippen molar-refractivity contribution in [2.75, 3.05) is 75.0 Å². The number of allylic oxidation sites excluding steroid dienone is 2. The lowest BCUT2D eigenvalue weighted by Gasteiger charge is -2.41. The average Bonchev–Trinajstić information content (AvgIpc) is 1.65. The van der Waals surface area contributed by atoms with Gasteiger partial charge >= 0.3 is 6.09 Å². The second kappa shape index (κ2) is 38.8. The van der Waals surface area contributed by atoms with Crippen LogP contribution in [0.25, 0.3) is 0 Å². The van der Waals surface area contributed by atoms with Crippen molar-refractivity contribution in [3.8, 4) is 0 Å². The summed E-state index contributed by atoms with van der Waals surface area (Å²) in [5.74, 6) is -10.5. The van der Waals surface area contributed by atoms with Gasteiger partial charge in [0.25, 0.3) is 0 Å². The predicted molar refractivity (Wildman–Crippen MR) is 379 cm³/mol. The molecule has 0 saturated carbocycles. The van der Waals surface area contributed by atoms with Gasteiger partial charge in [0, 0.05) is 80.9 Å². The number of fused-ring (bicyclic) bond motifs is 1. The van der Waals surface area contributed by atoms with Crippen LogP contribution in [0.5, 0.6) is 0 Å². The van der Waals surface area contributed by atoms with Gasteiger partial charge in [-0.1, -0.05) is 109 Å².